The lowest BCUT2D eigenvalue weighted by Gasteiger charge is -2.15. The zero-order valence-electron chi connectivity index (χ0n) is 11.6. The summed E-state index contributed by atoms with van der Waals surface area (Å²) in [6.45, 7) is 4.69. The van der Waals surface area contributed by atoms with Gasteiger partial charge in [-0.2, -0.15) is 0 Å². The minimum atomic E-state index is -0.0385. The Morgan fingerprint density at radius 2 is 2.11 bits per heavy atom. The first kappa shape index (κ1) is 13.3. The summed E-state index contributed by atoms with van der Waals surface area (Å²) in [5.74, 6) is 2.30. The van der Waals surface area contributed by atoms with Gasteiger partial charge in [-0.25, -0.2) is 9.97 Å². The lowest BCUT2D eigenvalue weighted by Crippen LogP contribution is -2.10. The van der Waals surface area contributed by atoms with Crippen molar-refractivity contribution >= 4 is 5.82 Å². The predicted molar refractivity (Wildman–Crippen MR) is 72.8 cm³/mol. The molecule has 18 heavy (non-hydrogen) atoms. The summed E-state index contributed by atoms with van der Waals surface area (Å²) in [5.41, 5.74) is 1.17. The molecule has 1 N–H and O–H groups in total. The van der Waals surface area contributed by atoms with E-state index in [0.29, 0.717) is 12.5 Å². The summed E-state index contributed by atoms with van der Waals surface area (Å²) in [5, 5.41) is 3.12. The lowest BCUT2D eigenvalue weighted by molar-refractivity contribution is 0.0699. The number of ether oxygens (including phenoxy) is 1. The minimum Gasteiger partial charge on any atom is -0.373 e. The van der Waals surface area contributed by atoms with Gasteiger partial charge in [0, 0.05) is 31.3 Å². The highest BCUT2D eigenvalue weighted by atomic mass is 16.5. The van der Waals surface area contributed by atoms with Gasteiger partial charge in [0.05, 0.1) is 0 Å². The fraction of sp³-hybridized carbons (Fsp3) is 0.714. The van der Waals surface area contributed by atoms with Gasteiger partial charge in [-0.05, 0) is 26.7 Å². The highest BCUT2D eigenvalue weighted by molar-refractivity contribution is 5.36. The van der Waals surface area contributed by atoms with Crippen molar-refractivity contribution in [3.8, 4) is 0 Å². The second-order valence-electron chi connectivity index (χ2n) is 4.87. The molecule has 1 aromatic heterocycles. The van der Waals surface area contributed by atoms with E-state index in [2.05, 4.69) is 16.4 Å². The van der Waals surface area contributed by atoms with E-state index in [1.165, 1.54) is 31.4 Å². The number of nitrogens with one attached hydrogen (secondary N) is 1. The smallest absolute Gasteiger partial charge is 0.159 e. The van der Waals surface area contributed by atoms with Crippen molar-refractivity contribution in [2.45, 2.75) is 51.6 Å². The second-order valence-corrected chi connectivity index (χ2v) is 4.87. The third-order valence-electron chi connectivity index (χ3n) is 3.57. The number of anilines is 1. The van der Waals surface area contributed by atoms with Crippen molar-refractivity contribution in [1.29, 1.82) is 0 Å². The van der Waals surface area contributed by atoms with Crippen LogP contribution in [0.15, 0.2) is 6.07 Å². The van der Waals surface area contributed by atoms with E-state index in [-0.39, 0.29) is 6.10 Å². The summed E-state index contributed by atoms with van der Waals surface area (Å²) in [7, 11) is 1.90. The highest BCUT2D eigenvalue weighted by Gasteiger charge is 2.21. The van der Waals surface area contributed by atoms with E-state index >= 15 is 0 Å². The van der Waals surface area contributed by atoms with E-state index < -0.39 is 0 Å². The Kier molecular flexibility index (Phi) is 4.53. The van der Waals surface area contributed by atoms with Crippen LogP contribution in [0.4, 0.5) is 5.82 Å². The third kappa shape index (κ3) is 2.99. The molecule has 4 heteroatoms. The van der Waals surface area contributed by atoms with E-state index in [9.17, 15) is 0 Å². The predicted octanol–water partition coefficient (Wildman–Crippen LogP) is 3.27. The molecule has 100 valence electrons. The Morgan fingerprint density at radius 1 is 1.39 bits per heavy atom. The molecule has 1 fully saturated rings. The molecular weight excluding hydrogens is 226 g/mol. The van der Waals surface area contributed by atoms with Gasteiger partial charge in [-0.15, -0.1) is 0 Å². The van der Waals surface area contributed by atoms with Crippen molar-refractivity contribution in [2.24, 2.45) is 0 Å². The van der Waals surface area contributed by atoms with Crippen molar-refractivity contribution in [3.63, 3.8) is 0 Å². The molecule has 1 unspecified atom stereocenters. The van der Waals surface area contributed by atoms with E-state index in [1.807, 2.05) is 20.9 Å². The van der Waals surface area contributed by atoms with Crippen LogP contribution in [-0.2, 0) is 4.74 Å². The van der Waals surface area contributed by atoms with E-state index in [4.69, 9.17) is 9.72 Å². The van der Waals surface area contributed by atoms with Gasteiger partial charge in [0.2, 0.25) is 0 Å². The largest absolute Gasteiger partial charge is 0.373 e. The van der Waals surface area contributed by atoms with Crippen LogP contribution in [0.1, 0.15) is 63.1 Å². The normalized spacial score (nSPS) is 17.9. The molecule has 0 saturated heterocycles. The minimum absolute atomic E-state index is 0.0385. The van der Waals surface area contributed by atoms with Gasteiger partial charge in [0.1, 0.15) is 11.9 Å². The number of hydrogen-bond donors (Lipinski definition) is 1. The zero-order valence-corrected chi connectivity index (χ0v) is 11.6. The molecule has 1 atom stereocenters. The molecule has 1 aliphatic rings. The van der Waals surface area contributed by atoms with Crippen molar-refractivity contribution in [1.82, 2.24) is 9.97 Å². The molecule has 1 aromatic rings. The zero-order chi connectivity index (χ0) is 13.0. The molecular formula is C14H23N3O. The first-order valence-corrected chi connectivity index (χ1v) is 6.92. The van der Waals surface area contributed by atoms with Crippen LogP contribution in [0, 0.1) is 0 Å². The maximum absolute atomic E-state index is 5.59. The summed E-state index contributed by atoms with van der Waals surface area (Å²) in [6, 6.07) is 2.08. The average Bonchev–Trinajstić information content (AvgIpc) is 2.92. The first-order chi connectivity index (χ1) is 8.74. The Hall–Kier alpha value is -1.16. The van der Waals surface area contributed by atoms with Crippen molar-refractivity contribution in [2.75, 3.05) is 19.0 Å². The molecule has 2 rings (SSSR count). The Bertz CT molecular complexity index is 389. The summed E-state index contributed by atoms with van der Waals surface area (Å²) < 4.78 is 5.59. The summed E-state index contributed by atoms with van der Waals surface area (Å²) in [6.07, 6.45) is 5.11. The summed E-state index contributed by atoms with van der Waals surface area (Å²) in [4.78, 5) is 9.20. The standard InChI is InChI=1S/C14H23N3O/c1-4-18-10(2)14-16-12(9-13(15-3)17-14)11-7-5-6-8-11/h9-11H,4-8H2,1-3H3,(H,15,16,17). The van der Waals surface area contributed by atoms with Crippen LogP contribution in [0.5, 0.6) is 0 Å². The van der Waals surface area contributed by atoms with Gasteiger partial charge >= 0.3 is 0 Å². The van der Waals surface area contributed by atoms with Crippen LogP contribution in [0.3, 0.4) is 0 Å². The van der Waals surface area contributed by atoms with Gasteiger partial charge in [0.15, 0.2) is 5.82 Å². The summed E-state index contributed by atoms with van der Waals surface area (Å²) >= 11 is 0. The monoisotopic (exact) mass is 249 g/mol. The molecule has 1 heterocycles. The quantitative estimate of drug-likeness (QED) is 0.870. The van der Waals surface area contributed by atoms with Crippen LogP contribution < -0.4 is 5.32 Å². The van der Waals surface area contributed by atoms with Crippen LogP contribution in [-0.4, -0.2) is 23.6 Å². The lowest BCUT2D eigenvalue weighted by atomic mass is 10.0. The SMILES string of the molecule is CCOC(C)c1nc(NC)cc(C2CCCC2)n1. The van der Waals surface area contributed by atoms with Gasteiger partial charge in [-0.3, -0.25) is 0 Å². The van der Waals surface area contributed by atoms with Crippen LogP contribution >= 0.6 is 0 Å². The fourth-order valence-electron chi connectivity index (χ4n) is 2.55. The van der Waals surface area contributed by atoms with Crippen LogP contribution in [0.25, 0.3) is 0 Å². The van der Waals surface area contributed by atoms with Crippen LogP contribution in [0.2, 0.25) is 0 Å². The maximum Gasteiger partial charge on any atom is 0.159 e. The number of aromatic nitrogens is 2. The highest BCUT2D eigenvalue weighted by Crippen LogP contribution is 2.34. The van der Waals surface area contributed by atoms with E-state index in [0.717, 1.165) is 11.6 Å². The molecule has 1 aliphatic carbocycles. The van der Waals surface area contributed by atoms with Gasteiger partial charge in [-0.1, -0.05) is 12.8 Å². The molecule has 0 bridgehead atoms. The fourth-order valence-corrected chi connectivity index (χ4v) is 2.55. The maximum atomic E-state index is 5.59. The molecule has 0 amide bonds. The molecule has 0 aliphatic heterocycles. The molecule has 0 spiro atoms. The van der Waals surface area contributed by atoms with Gasteiger partial charge < -0.3 is 10.1 Å². The molecule has 0 radical (unpaired) electrons. The average molecular weight is 249 g/mol. The number of hydrogen-bond acceptors (Lipinski definition) is 4. The van der Waals surface area contributed by atoms with Gasteiger partial charge in [0.25, 0.3) is 0 Å². The Labute approximate surface area is 109 Å². The van der Waals surface area contributed by atoms with Crippen molar-refractivity contribution in [3.05, 3.63) is 17.6 Å². The third-order valence-corrected chi connectivity index (χ3v) is 3.57. The van der Waals surface area contributed by atoms with E-state index in [1.54, 1.807) is 0 Å². The molecule has 4 nitrogen and oxygen atoms in total. The first-order valence-electron chi connectivity index (χ1n) is 6.92. The number of nitrogens with zero attached hydrogens (tertiary/aromatic N) is 2. The Balaban J connectivity index is 2.26. The topological polar surface area (TPSA) is 47.0 Å². The number of rotatable bonds is 5. The second kappa shape index (κ2) is 6.14. The Morgan fingerprint density at radius 3 is 2.72 bits per heavy atom. The van der Waals surface area contributed by atoms with Crippen molar-refractivity contribution < 1.29 is 4.74 Å². The molecule has 1 saturated carbocycles. The molecule has 0 aromatic carbocycles.